The minimum Gasteiger partial charge on any atom is -0.480 e. The van der Waals surface area contributed by atoms with Crippen LogP contribution in [0.2, 0.25) is 0 Å². The van der Waals surface area contributed by atoms with Gasteiger partial charge < -0.3 is 10.4 Å². The summed E-state index contributed by atoms with van der Waals surface area (Å²) in [4.78, 5) is 22.4. The Labute approximate surface area is 117 Å². The second kappa shape index (κ2) is 6.88. The van der Waals surface area contributed by atoms with Gasteiger partial charge in [-0.2, -0.15) is 5.10 Å². The highest BCUT2D eigenvalue weighted by Crippen LogP contribution is 2.19. The lowest BCUT2D eigenvalue weighted by Gasteiger charge is -2.12. The summed E-state index contributed by atoms with van der Waals surface area (Å²) in [6, 6.07) is 1.53. The zero-order valence-corrected chi connectivity index (χ0v) is 11.3. The van der Waals surface area contributed by atoms with Crippen LogP contribution >= 0.6 is 0 Å². The SMILES string of the molecule is O=C(O)Cn1ccc(C(=O)NCCC2=CCCCC2)n1. The number of amides is 1. The van der Waals surface area contributed by atoms with Crippen LogP contribution in [0.3, 0.4) is 0 Å². The quantitative estimate of drug-likeness (QED) is 0.773. The summed E-state index contributed by atoms with van der Waals surface area (Å²) in [5.74, 6) is -1.24. The van der Waals surface area contributed by atoms with Gasteiger partial charge in [-0.1, -0.05) is 11.6 Å². The van der Waals surface area contributed by atoms with E-state index >= 15 is 0 Å². The Morgan fingerprint density at radius 3 is 2.95 bits per heavy atom. The zero-order valence-electron chi connectivity index (χ0n) is 11.3. The van der Waals surface area contributed by atoms with Crippen molar-refractivity contribution >= 4 is 11.9 Å². The predicted octanol–water partition coefficient (Wildman–Crippen LogP) is 1.59. The molecule has 0 unspecified atom stereocenters. The van der Waals surface area contributed by atoms with E-state index in [2.05, 4.69) is 16.5 Å². The molecule has 20 heavy (non-hydrogen) atoms. The van der Waals surface area contributed by atoms with Gasteiger partial charge in [0.1, 0.15) is 12.2 Å². The first-order valence-corrected chi connectivity index (χ1v) is 6.86. The molecular weight excluding hydrogens is 258 g/mol. The first kappa shape index (κ1) is 14.3. The molecule has 0 saturated heterocycles. The number of hydrogen-bond acceptors (Lipinski definition) is 3. The van der Waals surface area contributed by atoms with Crippen molar-refractivity contribution in [3.63, 3.8) is 0 Å². The normalized spacial score (nSPS) is 14.7. The summed E-state index contributed by atoms with van der Waals surface area (Å²) in [5, 5.41) is 15.4. The molecule has 0 radical (unpaired) electrons. The Bertz CT molecular complexity index is 519. The van der Waals surface area contributed by atoms with Crippen LogP contribution in [-0.2, 0) is 11.3 Å². The fraction of sp³-hybridized carbons (Fsp3) is 0.500. The summed E-state index contributed by atoms with van der Waals surface area (Å²) in [7, 11) is 0. The summed E-state index contributed by atoms with van der Waals surface area (Å²) in [6.07, 6.45) is 9.40. The van der Waals surface area contributed by atoms with E-state index in [-0.39, 0.29) is 18.1 Å². The first-order valence-electron chi connectivity index (χ1n) is 6.86. The van der Waals surface area contributed by atoms with E-state index in [0.29, 0.717) is 6.54 Å². The van der Waals surface area contributed by atoms with Gasteiger partial charge in [-0.15, -0.1) is 0 Å². The molecule has 1 aromatic heterocycles. The van der Waals surface area contributed by atoms with Crippen molar-refractivity contribution in [3.8, 4) is 0 Å². The summed E-state index contributed by atoms with van der Waals surface area (Å²) < 4.78 is 1.24. The molecule has 2 rings (SSSR count). The number of hydrogen-bond donors (Lipinski definition) is 2. The Balaban J connectivity index is 1.78. The van der Waals surface area contributed by atoms with Crippen molar-refractivity contribution in [3.05, 3.63) is 29.6 Å². The molecule has 6 nitrogen and oxygen atoms in total. The maximum atomic E-state index is 11.8. The molecule has 1 heterocycles. The van der Waals surface area contributed by atoms with Gasteiger partial charge in [0.25, 0.3) is 5.91 Å². The van der Waals surface area contributed by atoms with E-state index < -0.39 is 5.97 Å². The van der Waals surface area contributed by atoms with Crippen molar-refractivity contribution in [2.24, 2.45) is 0 Å². The van der Waals surface area contributed by atoms with Gasteiger partial charge in [-0.05, 0) is 38.2 Å². The van der Waals surface area contributed by atoms with E-state index in [9.17, 15) is 9.59 Å². The number of carboxylic acid groups (broad SMARTS) is 1. The van der Waals surface area contributed by atoms with Crippen LogP contribution in [0.15, 0.2) is 23.9 Å². The minimum atomic E-state index is -0.982. The van der Waals surface area contributed by atoms with E-state index in [4.69, 9.17) is 5.11 Å². The van der Waals surface area contributed by atoms with Crippen LogP contribution in [-0.4, -0.2) is 33.3 Å². The molecule has 2 N–H and O–H groups in total. The number of nitrogens with zero attached hydrogens (tertiary/aromatic N) is 2. The van der Waals surface area contributed by atoms with E-state index in [1.54, 1.807) is 0 Å². The van der Waals surface area contributed by atoms with Gasteiger partial charge in [-0.25, -0.2) is 0 Å². The Kier molecular flexibility index (Phi) is 4.92. The molecular formula is C14H19N3O3. The van der Waals surface area contributed by atoms with Crippen LogP contribution in [0, 0.1) is 0 Å². The monoisotopic (exact) mass is 277 g/mol. The summed E-state index contributed by atoms with van der Waals surface area (Å²) in [6.45, 7) is 0.358. The Morgan fingerprint density at radius 1 is 1.40 bits per heavy atom. The molecule has 0 aliphatic heterocycles. The Hall–Kier alpha value is -2.11. The van der Waals surface area contributed by atoms with E-state index in [0.717, 1.165) is 19.3 Å². The second-order valence-corrected chi connectivity index (χ2v) is 4.91. The van der Waals surface area contributed by atoms with Crippen LogP contribution < -0.4 is 5.32 Å². The lowest BCUT2D eigenvalue weighted by molar-refractivity contribution is -0.137. The number of carboxylic acids is 1. The van der Waals surface area contributed by atoms with Crippen molar-refractivity contribution < 1.29 is 14.7 Å². The predicted molar refractivity (Wildman–Crippen MR) is 73.4 cm³/mol. The maximum Gasteiger partial charge on any atom is 0.325 e. The highest BCUT2D eigenvalue weighted by Gasteiger charge is 2.11. The van der Waals surface area contributed by atoms with Crippen molar-refractivity contribution in [2.45, 2.75) is 38.6 Å². The lowest BCUT2D eigenvalue weighted by Crippen LogP contribution is -2.25. The number of aliphatic carboxylic acids is 1. The molecule has 1 aliphatic carbocycles. The average molecular weight is 277 g/mol. The molecule has 6 heteroatoms. The molecule has 108 valence electrons. The molecule has 1 amide bonds. The molecule has 0 fully saturated rings. The van der Waals surface area contributed by atoms with Crippen LogP contribution in [0.4, 0.5) is 0 Å². The molecule has 1 aromatic rings. The third-order valence-electron chi connectivity index (χ3n) is 3.29. The fourth-order valence-corrected chi connectivity index (χ4v) is 2.27. The molecule has 0 spiro atoms. The van der Waals surface area contributed by atoms with Gasteiger partial charge >= 0.3 is 5.97 Å². The van der Waals surface area contributed by atoms with E-state index in [1.165, 1.54) is 35.4 Å². The van der Waals surface area contributed by atoms with Crippen LogP contribution in [0.1, 0.15) is 42.6 Å². The third-order valence-corrected chi connectivity index (χ3v) is 3.29. The maximum absolute atomic E-state index is 11.8. The van der Waals surface area contributed by atoms with Gasteiger partial charge in [0, 0.05) is 12.7 Å². The molecule has 0 aromatic carbocycles. The molecule has 0 saturated carbocycles. The highest BCUT2D eigenvalue weighted by molar-refractivity contribution is 5.92. The van der Waals surface area contributed by atoms with Gasteiger partial charge in [0.15, 0.2) is 0 Å². The van der Waals surface area contributed by atoms with E-state index in [1.807, 2.05) is 0 Å². The van der Waals surface area contributed by atoms with Crippen LogP contribution in [0.5, 0.6) is 0 Å². The average Bonchev–Trinajstić information content (AvgIpc) is 2.87. The van der Waals surface area contributed by atoms with Crippen LogP contribution in [0.25, 0.3) is 0 Å². The molecule has 0 atom stereocenters. The summed E-state index contributed by atoms with van der Waals surface area (Å²) in [5.41, 5.74) is 1.66. The fourth-order valence-electron chi connectivity index (χ4n) is 2.27. The van der Waals surface area contributed by atoms with Gasteiger partial charge in [-0.3, -0.25) is 14.3 Å². The number of carbonyl (C=O) groups is 2. The van der Waals surface area contributed by atoms with Gasteiger partial charge in [0.2, 0.25) is 0 Å². The first-order chi connectivity index (χ1) is 9.65. The number of nitrogens with one attached hydrogen (secondary N) is 1. The number of aromatic nitrogens is 2. The van der Waals surface area contributed by atoms with Gasteiger partial charge in [0.05, 0.1) is 0 Å². The Morgan fingerprint density at radius 2 is 2.25 bits per heavy atom. The summed E-state index contributed by atoms with van der Waals surface area (Å²) >= 11 is 0. The van der Waals surface area contributed by atoms with Crippen molar-refractivity contribution in [2.75, 3.05) is 6.54 Å². The third kappa shape index (κ3) is 4.22. The van der Waals surface area contributed by atoms with Crippen molar-refractivity contribution in [1.29, 1.82) is 0 Å². The highest BCUT2D eigenvalue weighted by atomic mass is 16.4. The zero-order chi connectivity index (χ0) is 14.4. The minimum absolute atomic E-state index is 0.236. The second-order valence-electron chi connectivity index (χ2n) is 4.91. The number of carbonyl (C=O) groups excluding carboxylic acids is 1. The molecule has 1 aliphatic rings. The number of rotatable bonds is 6. The topological polar surface area (TPSA) is 84.2 Å². The standard InChI is InChI=1S/C14H19N3O3/c18-13(19)10-17-9-7-12(16-17)14(20)15-8-6-11-4-2-1-3-5-11/h4,7,9H,1-3,5-6,8,10H2,(H,15,20)(H,18,19). The largest absolute Gasteiger partial charge is 0.480 e. The lowest BCUT2D eigenvalue weighted by atomic mass is 9.97. The number of allylic oxidation sites excluding steroid dienone is 1. The molecule has 0 bridgehead atoms. The smallest absolute Gasteiger partial charge is 0.325 e. The van der Waals surface area contributed by atoms with Crippen molar-refractivity contribution in [1.82, 2.24) is 15.1 Å².